The van der Waals surface area contributed by atoms with Crippen LogP contribution in [0.4, 0.5) is 17.1 Å². The maximum Gasteiger partial charge on any atom is 0.0775 e. The quantitative estimate of drug-likeness (QED) is 0.130. The highest BCUT2D eigenvalue weighted by Crippen LogP contribution is 2.59. The average molecular weight is 930 g/mol. The molecular formula is C67H51NSSi. The van der Waals surface area contributed by atoms with Gasteiger partial charge >= 0.3 is 0 Å². The number of hydrogen-bond donors (Lipinski definition) is 0. The summed E-state index contributed by atoms with van der Waals surface area (Å²) in [6.45, 7) is 7.31. The first-order valence-electron chi connectivity index (χ1n) is 24.5. The topological polar surface area (TPSA) is 3.24 Å². The lowest BCUT2D eigenvalue weighted by atomic mass is 9.67. The van der Waals surface area contributed by atoms with E-state index in [1.54, 1.807) is 11.3 Å². The SMILES string of the molecule is C[Si](C)(C)c1ccc(C2(c3ccccc3)c3ccccc3-c3ccc(N(c4cccc(-c5ccc6ccsc6c5)c4)c4ccc5c(c4)C(c4ccccc4)(c4ccccc4)c4ccccc4-5)cc32)cc1. The molecule has 2 aliphatic rings. The van der Waals surface area contributed by atoms with E-state index in [0.29, 0.717) is 0 Å². The van der Waals surface area contributed by atoms with Crippen LogP contribution in [-0.4, -0.2) is 8.07 Å². The van der Waals surface area contributed by atoms with Crippen molar-refractivity contribution < 1.29 is 0 Å². The lowest BCUT2D eigenvalue weighted by Crippen LogP contribution is -2.38. The van der Waals surface area contributed by atoms with Crippen molar-refractivity contribution in [1.82, 2.24) is 0 Å². The Labute approximate surface area is 416 Å². The lowest BCUT2D eigenvalue weighted by molar-refractivity contribution is 0.767. The van der Waals surface area contributed by atoms with Crippen molar-refractivity contribution in [3.05, 3.63) is 299 Å². The number of rotatable bonds is 9. The van der Waals surface area contributed by atoms with Crippen LogP contribution >= 0.6 is 11.3 Å². The molecule has 2 aliphatic carbocycles. The standard InChI is InChI=1S/C67H51NSSi/c1-70(2,3)56-36-32-52(33-37-56)67(51-23-11-6-12-24-51)62-29-16-14-27-58(62)60-39-35-55(45-64(60)67)68(53-25-17-18-47(42-53)48-31-30-46-40-41-69-65(46)43-48)54-34-38-59-57-26-13-15-28-61(57)66(63(59)44-54,49-19-7-4-8-20-49)50-21-9-5-10-22-50/h4-45H,1-3H3. The van der Waals surface area contributed by atoms with E-state index in [2.05, 4.69) is 279 Å². The van der Waals surface area contributed by atoms with Crippen molar-refractivity contribution in [2.45, 2.75) is 30.5 Å². The first-order chi connectivity index (χ1) is 34.3. The van der Waals surface area contributed by atoms with Crippen LogP contribution in [0, 0.1) is 0 Å². The van der Waals surface area contributed by atoms with E-state index in [1.165, 1.54) is 93.2 Å². The normalized spacial score (nSPS) is 15.2. The molecule has 0 aliphatic heterocycles. The molecule has 1 aromatic heterocycles. The molecular weight excluding hydrogens is 879 g/mol. The van der Waals surface area contributed by atoms with Crippen molar-refractivity contribution in [3.8, 4) is 33.4 Å². The molecule has 0 bridgehead atoms. The van der Waals surface area contributed by atoms with E-state index < -0.39 is 18.9 Å². The molecule has 0 fully saturated rings. The van der Waals surface area contributed by atoms with E-state index in [4.69, 9.17) is 0 Å². The highest BCUT2D eigenvalue weighted by atomic mass is 32.1. The Morgan fingerprint density at radius 3 is 1.33 bits per heavy atom. The van der Waals surface area contributed by atoms with Gasteiger partial charge in [-0.15, -0.1) is 11.3 Å². The summed E-state index contributed by atoms with van der Waals surface area (Å²) >= 11 is 1.80. The van der Waals surface area contributed by atoms with Crippen LogP contribution in [0.5, 0.6) is 0 Å². The summed E-state index contributed by atoms with van der Waals surface area (Å²) in [4.78, 5) is 2.52. The fraction of sp³-hybridized carbons (Fsp3) is 0.0746. The van der Waals surface area contributed by atoms with E-state index in [-0.39, 0.29) is 0 Å². The molecule has 0 N–H and O–H groups in total. The monoisotopic (exact) mass is 929 g/mol. The van der Waals surface area contributed by atoms with Gasteiger partial charge in [0.25, 0.3) is 0 Å². The fourth-order valence-corrected chi connectivity index (χ4v) is 14.1. The number of fused-ring (bicyclic) bond motifs is 7. The van der Waals surface area contributed by atoms with Gasteiger partial charge in [0.05, 0.1) is 18.9 Å². The molecule has 1 atom stereocenters. The number of hydrogen-bond acceptors (Lipinski definition) is 2. The van der Waals surface area contributed by atoms with Gasteiger partial charge in [0.2, 0.25) is 0 Å². The van der Waals surface area contributed by atoms with Gasteiger partial charge in [-0.25, -0.2) is 0 Å². The van der Waals surface area contributed by atoms with Crippen LogP contribution in [0.15, 0.2) is 254 Å². The molecule has 0 saturated heterocycles. The number of nitrogens with zero attached hydrogens (tertiary/aromatic N) is 1. The Morgan fingerprint density at radius 2 is 0.800 bits per heavy atom. The predicted molar refractivity (Wildman–Crippen MR) is 300 cm³/mol. The molecule has 0 amide bonds. The molecule has 13 rings (SSSR count). The summed E-state index contributed by atoms with van der Waals surface area (Å²) in [6, 6.07) is 94.1. The number of anilines is 3. The second-order valence-corrected chi connectivity index (χ2v) is 26.1. The molecule has 10 aromatic carbocycles. The zero-order valence-electron chi connectivity index (χ0n) is 39.6. The van der Waals surface area contributed by atoms with Gasteiger partial charge in [-0.3, -0.25) is 0 Å². The van der Waals surface area contributed by atoms with Crippen molar-refractivity contribution in [3.63, 3.8) is 0 Å². The van der Waals surface area contributed by atoms with Crippen LogP contribution < -0.4 is 10.1 Å². The molecule has 1 heterocycles. The van der Waals surface area contributed by atoms with Gasteiger partial charge in [0, 0.05) is 21.8 Å². The highest BCUT2D eigenvalue weighted by molar-refractivity contribution is 7.17. The van der Waals surface area contributed by atoms with Gasteiger partial charge < -0.3 is 4.90 Å². The van der Waals surface area contributed by atoms with Crippen LogP contribution in [0.25, 0.3) is 43.5 Å². The molecule has 70 heavy (non-hydrogen) atoms. The Balaban J connectivity index is 1.08. The Bertz CT molecular complexity index is 3720. The fourth-order valence-electron chi connectivity index (χ4n) is 12.1. The molecule has 3 heteroatoms. The number of thiophene rings is 1. The minimum absolute atomic E-state index is 0.543. The van der Waals surface area contributed by atoms with E-state index in [0.717, 1.165) is 17.1 Å². The van der Waals surface area contributed by atoms with Crippen molar-refractivity contribution in [1.29, 1.82) is 0 Å². The van der Waals surface area contributed by atoms with Crippen LogP contribution in [-0.2, 0) is 10.8 Å². The third kappa shape index (κ3) is 6.42. The summed E-state index contributed by atoms with van der Waals surface area (Å²) in [6.07, 6.45) is 0. The van der Waals surface area contributed by atoms with Gasteiger partial charge in [-0.05, 0) is 137 Å². The van der Waals surface area contributed by atoms with E-state index in [9.17, 15) is 0 Å². The molecule has 1 unspecified atom stereocenters. The second-order valence-electron chi connectivity index (χ2n) is 20.0. The van der Waals surface area contributed by atoms with Gasteiger partial charge in [-0.2, -0.15) is 0 Å². The molecule has 1 nitrogen and oxygen atoms in total. The largest absolute Gasteiger partial charge is 0.310 e. The Hall–Kier alpha value is -7.82. The summed E-state index contributed by atoms with van der Waals surface area (Å²) in [5.74, 6) is 0. The van der Waals surface area contributed by atoms with Crippen LogP contribution in [0.3, 0.4) is 0 Å². The molecule has 0 spiro atoms. The number of benzene rings is 10. The highest BCUT2D eigenvalue weighted by Gasteiger charge is 2.48. The minimum atomic E-state index is -1.57. The predicted octanol–water partition coefficient (Wildman–Crippen LogP) is 17.3. The zero-order chi connectivity index (χ0) is 47.0. The summed E-state index contributed by atoms with van der Waals surface area (Å²) in [5.41, 5.74) is 20.0. The first kappa shape index (κ1) is 42.3. The van der Waals surface area contributed by atoms with Crippen molar-refractivity contribution in [2.75, 3.05) is 4.90 Å². The molecule has 0 radical (unpaired) electrons. The maximum atomic E-state index is 2.52. The minimum Gasteiger partial charge on any atom is -0.310 e. The summed E-state index contributed by atoms with van der Waals surface area (Å²) < 4.78 is 1.30. The van der Waals surface area contributed by atoms with Gasteiger partial charge in [0.15, 0.2) is 0 Å². The van der Waals surface area contributed by atoms with Crippen molar-refractivity contribution in [2.24, 2.45) is 0 Å². The second kappa shape index (κ2) is 16.4. The Morgan fingerprint density at radius 1 is 0.343 bits per heavy atom. The van der Waals surface area contributed by atoms with Crippen molar-refractivity contribution >= 4 is 51.7 Å². The van der Waals surface area contributed by atoms with Crippen LogP contribution in [0.2, 0.25) is 19.6 Å². The summed E-state index contributed by atoms with van der Waals surface area (Å²) in [7, 11) is -1.57. The van der Waals surface area contributed by atoms with E-state index >= 15 is 0 Å². The third-order valence-corrected chi connectivity index (χ3v) is 18.2. The lowest BCUT2D eigenvalue weighted by Gasteiger charge is -2.36. The van der Waals surface area contributed by atoms with E-state index in [1.807, 2.05) is 0 Å². The smallest absolute Gasteiger partial charge is 0.0775 e. The van der Waals surface area contributed by atoms with Gasteiger partial charge in [0.1, 0.15) is 0 Å². The maximum absolute atomic E-state index is 2.52. The van der Waals surface area contributed by atoms with Gasteiger partial charge in [-0.1, -0.05) is 225 Å². The molecule has 0 saturated carbocycles. The average Bonchev–Trinajstić information content (AvgIpc) is 4.10. The third-order valence-electron chi connectivity index (χ3n) is 15.3. The zero-order valence-corrected chi connectivity index (χ0v) is 41.4. The Kier molecular flexibility index (Phi) is 9.92. The molecule has 334 valence electrons. The molecule has 11 aromatic rings. The summed E-state index contributed by atoms with van der Waals surface area (Å²) in [5, 5.41) is 4.93. The van der Waals surface area contributed by atoms with Crippen LogP contribution in [0.1, 0.15) is 44.5 Å². The first-order valence-corrected chi connectivity index (χ1v) is 28.9.